The summed E-state index contributed by atoms with van der Waals surface area (Å²) in [4.78, 5) is 0. The third-order valence-corrected chi connectivity index (χ3v) is 1.82. The zero-order valence-corrected chi connectivity index (χ0v) is 10.2. The zero-order valence-electron chi connectivity index (χ0n) is 10.2. The van der Waals surface area contributed by atoms with E-state index in [4.69, 9.17) is 19.7 Å². The molecule has 0 amide bonds. The van der Waals surface area contributed by atoms with Crippen molar-refractivity contribution < 1.29 is 14.2 Å². The molecule has 0 fully saturated rings. The van der Waals surface area contributed by atoms with Gasteiger partial charge in [-0.1, -0.05) is 13.0 Å². The number of nitrogens with one attached hydrogen (secondary N) is 1. The summed E-state index contributed by atoms with van der Waals surface area (Å²) < 4.78 is 15.8. The van der Waals surface area contributed by atoms with Gasteiger partial charge in [-0.25, -0.2) is 5.53 Å². The summed E-state index contributed by atoms with van der Waals surface area (Å²) in [5.74, 6) is 0. The van der Waals surface area contributed by atoms with Crippen molar-refractivity contribution in [2.45, 2.75) is 20.3 Å². The van der Waals surface area contributed by atoms with Crippen LogP contribution in [0.3, 0.4) is 0 Å². The van der Waals surface area contributed by atoms with Gasteiger partial charge in [0.1, 0.15) is 0 Å². The highest BCUT2D eigenvalue weighted by molar-refractivity contribution is 4.95. The van der Waals surface area contributed by atoms with E-state index < -0.39 is 0 Å². The highest BCUT2D eigenvalue weighted by Crippen LogP contribution is 1.95. The quantitative estimate of drug-likeness (QED) is 0.438. The highest BCUT2D eigenvalue weighted by atomic mass is 16.5. The van der Waals surface area contributed by atoms with Crippen LogP contribution in [0, 0.1) is 5.53 Å². The minimum absolute atomic E-state index is 0.371. The molecule has 0 bridgehead atoms. The molecule has 5 heteroatoms. The molecule has 0 aliphatic carbocycles. The van der Waals surface area contributed by atoms with Gasteiger partial charge in [0.05, 0.1) is 38.7 Å². The van der Waals surface area contributed by atoms with Crippen LogP contribution in [0.5, 0.6) is 0 Å². The minimum Gasteiger partial charge on any atom is -0.379 e. The van der Waals surface area contributed by atoms with Crippen molar-refractivity contribution in [2.75, 3.05) is 39.6 Å². The van der Waals surface area contributed by atoms with Crippen molar-refractivity contribution in [1.82, 2.24) is 0 Å². The van der Waals surface area contributed by atoms with Gasteiger partial charge in [0.2, 0.25) is 0 Å². The fraction of sp³-hybridized carbons (Fsp3) is 0.818. The molecule has 0 aliphatic rings. The van der Waals surface area contributed by atoms with E-state index in [-0.39, 0.29) is 0 Å². The van der Waals surface area contributed by atoms with Crippen LogP contribution in [0.25, 0.3) is 0 Å². The predicted octanol–water partition coefficient (Wildman–Crippen LogP) is 2.38. The van der Waals surface area contributed by atoms with Crippen molar-refractivity contribution in [3.63, 3.8) is 0 Å². The largest absolute Gasteiger partial charge is 0.379 e. The van der Waals surface area contributed by atoms with Gasteiger partial charge in [-0.3, -0.25) is 0 Å². The Hall–Kier alpha value is -0.780. The summed E-state index contributed by atoms with van der Waals surface area (Å²) in [6.45, 7) is 7.36. The number of ether oxygens (including phenoxy) is 3. The van der Waals surface area contributed by atoms with E-state index in [2.05, 4.69) is 12.0 Å². The normalized spacial score (nSPS) is 11.8. The fourth-order valence-corrected chi connectivity index (χ4v) is 0.941. The van der Waals surface area contributed by atoms with Gasteiger partial charge in [0.15, 0.2) is 0 Å². The van der Waals surface area contributed by atoms with E-state index in [0.29, 0.717) is 38.7 Å². The topological polar surface area (TPSA) is 63.9 Å². The van der Waals surface area contributed by atoms with Gasteiger partial charge in [-0.05, 0) is 13.3 Å². The number of rotatable bonds is 11. The monoisotopic (exact) mass is 230 g/mol. The van der Waals surface area contributed by atoms with Crippen molar-refractivity contribution >= 4 is 0 Å². The Morgan fingerprint density at radius 3 is 2.12 bits per heavy atom. The molecule has 0 saturated carbocycles. The van der Waals surface area contributed by atoms with Gasteiger partial charge < -0.3 is 14.2 Å². The van der Waals surface area contributed by atoms with E-state index in [1.807, 2.05) is 6.92 Å². The molecule has 16 heavy (non-hydrogen) atoms. The zero-order chi connectivity index (χ0) is 12.1. The van der Waals surface area contributed by atoms with Gasteiger partial charge in [0, 0.05) is 6.61 Å². The molecule has 1 N–H and O–H groups in total. The highest BCUT2D eigenvalue weighted by Gasteiger charge is 1.94. The predicted molar refractivity (Wildman–Crippen MR) is 61.7 cm³/mol. The molecule has 0 atom stereocenters. The van der Waals surface area contributed by atoms with Gasteiger partial charge >= 0.3 is 0 Å². The van der Waals surface area contributed by atoms with Crippen molar-refractivity contribution in [3.05, 3.63) is 11.8 Å². The van der Waals surface area contributed by atoms with E-state index in [0.717, 1.165) is 13.0 Å². The molecule has 5 nitrogen and oxygen atoms in total. The SMILES string of the molecule is C/C=C(/COCCOCCOCCC)N=N. The number of nitrogens with zero attached hydrogens (tertiary/aromatic N) is 1. The summed E-state index contributed by atoms with van der Waals surface area (Å²) in [5, 5.41) is 3.30. The average Bonchev–Trinajstić information content (AvgIpc) is 2.32. The number of hydrogen-bond acceptors (Lipinski definition) is 5. The van der Waals surface area contributed by atoms with Gasteiger partial charge in [-0.2, -0.15) is 5.11 Å². The van der Waals surface area contributed by atoms with Gasteiger partial charge in [-0.15, -0.1) is 0 Å². The lowest BCUT2D eigenvalue weighted by Gasteiger charge is -2.05. The first kappa shape index (κ1) is 15.2. The van der Waals surface area contributed by atoms with Crippen molar-refractivity contribution in [3.8, 4) is 0 Å². The molecule has 0 radical (unpaired) electrons. The third kappa shape index (κ3) is 9.76. The summed E-state index contributed by atoms with van der Waals surface area (Å²) in [6, 6.07) is 0. The van der Waals surface area contributed by atoms with Crippen LogP contribution in [0.15, 0.2) is 16.9 Å². The lowest BCUT2D eigenvalue weighted by molar-refractivity contribution is 0.0185. The van der Waals surface area contributed by atoms with E-state index in [1.54, 1.807) is 6.08 Å². The Balaban J connectivity index is 3.12. The first-order valence-electron chi connectivity index (χ1n) is 5.61. The minimum atomic E-state index is 0.371. The average molecular weight is 230 g/mol. The maximum absolute atomic E-state index is 6.80. The van der Waals surface area contributed by atoms with E-state index >= 15 is 0 Å². The molecule has 0 aromatic rings. The Morgan fingerprint density at radius 1 is 1.06 bits per heavy atom. The second-order valence-corrected chi connectivity index (χ2v) is 3.17. The van der Waals surface area contributed by atoms with Crippen LogP contribution >= 0.6 is 0 Å². The van der Waals surface area contributed by atoms with Crippen LogP contribution < -0.4 is 0 Å². The molecule has 0 aromatic carbocycles. The summed E-state index contributed by atoms with van der Waals surface area (Å²) in [7, 11) is 0. The van der Waals surface area contributed by atoms with Crippen LogP contribution in [0.4, 0.5) is 0 Å². The molecule has 94 valence electrons. The Morgan fingerprint density at radius 2 is 1.62 bits per heavy atom. The Kier molecular flexibility index (Phi) is 11.7. The summed E-state index contributed by atoms with van der Waals surface area (Å²) in [5.41, 5.74) is 7.43. The fourth-order valence-electron chi connectivity index (χ4n) is 0.941. The lowest BCUT2D eigenvalue weighted by atomic mass is 10.4. The second-order valence-electron chi connectivity index (χ2n) is 3.17. The lowest BCUT2D eigenvalue weighted by Crippen LogP contribution is -2.10. The number of allylic oxidation sites excluding steroid dienone is 1. The van der Waals surface area contributed by atoms with E-state index in [9.17, 15) is 0 Å². The molecule has 0 aliphatic heterocycles. The molecule has 0 spiro atoms. The summed E-state index contributed by atoms with van der Waals surface area (Å²) >= 11 is 0. The van der Waals surface area contributed by atoms with E-state index in [1.165, 1.54) is 0 Å². The van der Waals surface area contributed by atoms with Crippen LogP contribution in [-0.4, -0.2) is 39.6 Å². The third-order valence-electron chi connectivity index (χ3n) is 1.82. The molecule has 0 rings (SSSR count). The first-order chi connectivity index (χ1) is 7.85. The van der Waals surface area contributed by atoms with Crippen molar-refractivity contribution in [2.24, 2.45) is 5.11 Å². The Bertz CT molecular complexity index is 196. The Labute approximate surface area is 97.3 Å². The molecular formula is C11H22N2O3. The van der Waals surface area contributed by atoms with Crippen molar-refractivity contribution in [1.29, 1.82) is 5.53 Å². The first-order valence-corrected chi connectivity index (χ1v) is 5.61. The smallest absolute Gasteiger partial charge is 0.0904 e. The second kappa shape index (κ2) is 12.3. The molecule has 0 heterocycles. The molecule has 0 saturated heterocycles. The maximum Gasteiger partial charge on any atom is 0.0904 e. The molecule has 0 unspecified atom stereocenters. The maximum atomic E-state index is 6.80. The van der Waals surface area contributed by atoms with Gasteiger partial charge in [0.25, 0.3) is 0 Å². The van der Waals surface area contributed by atoms with Crippen LogP contribution in [0.2, 0.25) is 0 Å². The van der Waals surface area contributed by atoms with Crippen LogP contribution in [-0.2, 0) is 14.2 Å². The summed E-state index contributed by atoms with van der Waals surface area (Å²) in [6.07, 6.45) is 2.79. The molecular weight excluding hydrogens is 208 g/mol. The molecule has 0 aromatic heterocycles. The standard InChI is InChI=1S/C11H22N2O3/c1-3-5-14-6-7-15-8-9-16-10-11(4-2)13-12/h4,12H,3,5-10H2,1-2H3/b11-4-,13-12?. The number of hydrogen-bond donors (Lipinski definition) is 1. The van der Waals surface area contributed by atoms with Crippen LogP contribution in [0.1, 0.15) is 20.3 Å².